The molecule has 0 N–H and O–H groups in total. The van der Waals surface area contributed by atoms with E-state index in [1.165, 1.54) is 19.3 Å². The van der Waals surface area contributed by atoms with Crippen LogP contribution in [0.1, 0.15) is 58.8 Å². The lowest BCUT2D eigenvalue weighted by Crippen LogP contribution is -2.01. The fraction of sp³-hybridized carbons (Fsp3) is 0.769. The van der Waals surface area contributed by atoms with Crippen LogP contribution in [-0.2, 0) is 4.79 Å². The molecule has 0 bridgehead atoms. The van der Waals surface area contributed by atoms with Crippen LogP contribution in [0.5, 0.6) is 0 Å². The molecule has 1 nitrogen and oxygen atoms in total. The smallest absolute Gasteiger partial charge is 0.158 e. The fourth-order valence-electron chi connectivity index (χ4n) is 1.99. The fourth-order valence-corrected chi connectivity index (χ4v) is 1.99. The molecule has 0 saturated heterocycles. The van der Waals surface area contributed by atoms with E-state index in [0.29, 0.717) is 11.7 Å². The molecule has 1 atom stereocenters. The molecule has 1 unspecified atom stereocenters. The van der Waals surface area contributed by atoms with Gasteiger partial charge in [0, 0.05) is 6.42 Å². The van der Waals surface area contributed by atoms with Crippen LogP contribution in [-0.4, -0.2) is 5.78 Å². The first kappa shape index (κ1) is 11.5. The van der Waals surface area contributed by atoms with Crippen LogP contribution in [0.3, 0.4) is 0 Å². The highest BCUT2D eigenvalue weighted by atomic mass is 16.1. The number of carbonyl (C=O) groups excluding carboxylic acids is 1. The Kier molecular flexibility index (Phi) is 4.92. The Morgan fingerprint density at radius 2 is 2.21 bits per heavy atom. The number of unbranched alkanes of at least 4 members (excludes halogenated alkanes) is 3. The summed E-state index contributed by atoms with van der Waals surface area (Å²) in [6, 6.07) is 0. The Morgan fingerprint density at radius 3 is 2.79 bits per heavy atom. The summed E-state index contributed by atoms with van der Waals surface area (Å²) in [5.74, 6) is 1.11. The molecule has 0 radical (unpaired) electrons. The standard InChI is InChI=1S/C13H22O/c1-3-4-5-6-7-13(14)12-9-8-11(2)10-12/h9,11H,3-8,10H2,1-2H3. The van der Waals surface area contributed by atoms with E-state index >= 15 is 0 Å². The van der Waals surface area contributed by atoms with Gasteiger partial charge in [-0.05, 0) is 30.8 Å². The number of ketones is 1. The van der Waals surface area contributed by atoms with E-state index in [-0.39, 0.29) is 0 Å². The second-order valence-electron chi connectivity index (χ2n) is 4.51. The Labute approximate surface area is 87.6 Å². The van der Waals surface area contributed by atoms with Crippen LogP contribution in [0, 0.1) is 5.92 Å². The molecule has 14 heavy (non-hydrogen) atoms. The van der Waals surface area contributed by atoms with E-state index < -0.39 is 0 Å². The number of allylic oxidation sites excluding steroid dienone is 2. The van der Waals surface area contributed by atoms with Crippen molar-refractivity contribution >= 4 is 5.78 Å². The second-order valence-corrected chi connectivity index (χ2v) is 4.51. The molecule has 0 spiro atoms. The van der Waals surface area contributed by atoms with Crippen molar-refractivity contribution in [2.24, 2.45) is 5.92 Å². The van der Waals surface area contributed by atoms with Gasteiger partial charge in [-0.25, -0.2) is 0 Å². The lowest BCUT2D eigenvalue weighted by Gasteiger charge is -2.03. The van der Waals surface area contributed by atoms with Gasteiger partial charge >= 0.3 is 0 Å². The number of carbonyl (C=O) groups is 1. The highest BCUT2D eigenvalue weighted by Crippen LogP contribution is 2.25. The van der Waals surface area contributed by atoms with Crippen molar-refractivity contribution in [2.75, 3.05) is 0 Å². The molecule has 0 aliphatic heterocycles. The summed E-state index contributed by atoms with van der Waals surface area (Å²) in [5.41, 5.74) is 1.11. The lowest BCUT2D eigenvalue weighted by atomic mass is 10.0. The van der Waals surface area contributed by atoms with Gasteiger partial charge in [-0.15, -0.1) is 0 Å². The maximum absolute atomic E-state index is 11.7. The second kappa shape index (κ2) is 6.00. The molecule has 0 saturated carbocycles. The van der Waals surface area contributed by atoms with E-state index in [1.54, 1.807) is 0 Å². The molecule has 0 aromatic carbocycles. The summed E-state index contributed by atoms with van der Waals surface area (Å²) in [7, 11) is 0. The van der Waals surface area contributed by atoms with Crippen LogP contribution < -0.4 is 0 Å². The lowest BCUT2D eigenvalue weighted by molar-refractivity contribution is -0.115. The molecular weight excluding hydrogens is 172 g/mol. The maximum Gasteiger partial charge on any atom is 0.158 e. The van der Waals surface area contributed by atoms with Gasteiger partial charge in [-0.1, -0.05) is 39.2 Å². The van der Waals surface area contributed by atoms with Crippen molar-refractivity contribution < 1.29 is 4.79 Å². The predicted molar refractivity (Wildman–Crippen MR) is 60.2 cm³/mol. The summed E-state index contributed by atoms with van der Waals surface area (Å²) in [6.45, 7) is 4.41. The summed E-state index contributed by atoms with van der Waals surface area (Å²) in [6.07, 6.45) is 9.86. The molecule has 1 rings (SSSR count). The zero-order valence-corrected chi connectivity index (χ0v) is 9.51. The molecule has 1 heteroatoms. The Balaban J connectivity index is 2.16. The number of hydrogen-bond acceptors (Lipinski definition) is 1. The van der Waals surface area contributed by atoms with E-state index in [0.717, 1.165) is 31.3 Å². The van der Waals surface area contributed by atoms with Crippen LogP contribution in [0.15, 0.2) is 11.6 Å². The van der Waals surface area contributed by atoms with Gasteiger partial charge in [-0.2, -0.15) is 0 Å². The molecular formula is C13H22O. The summed E-state index contributed by atoms with van der Waals surface area (Å²) in [5, 5.41) is 0. The zero-order valence-electron chi connectivity index (χ0n) is 9.51. The molecule has 1 aliphatic carbocycles. The Hall–Kier alpha value is -0.590. The van der Waals surface area contributed by atoms with Gasteiger partial charge in [0.2, 0.25) is 0 Å². The van der Waals surface area contributed by atoms with Gasteiger partial charge in [0.1, 0.15) is 0 Å². The first-order valence-corrected chi connectivity index (χ1v) is 5.96. The van der Waals surface area contributed by atoms with Gasteiger partial charge < -0.3 is 0 Å². The van der Waals surface area contributed by atoms with Crippen molar-refractivity contribution in [1.82, 2.24) is 0 Å². The van der Waals surface area contributed by atoms with Crippen LogP contribution in [0.2, 0.25) is 0 Å². The zero-order chi connectivity index (χ0) is 10.4. The van der Waals surface area contributed by atoms with Gasteiger partial charge in [0.15, 0.2) is 5.78 Å². The highest BCUT2D eigenvalue weighted by molar-refractivity contribution is 5.95. The van der Waals surface area contributed by atoms with E-state index in [4.69, 9.17) is 0 Å². The summed E-state index contributed by atoms with van der Waals surface area (Å²) < 4.78 is 0. The van der Waals surface area contributed by atoms with E-state index in [9.17, 15) is 4.79 Å². The molecule has 0 fully saturated rings. The first-order chi connectivity index (χ1) is 6.74. The maximum atomic E-state index is 11.7. The SMILES string of the molecule is CCCCCCC(=O)C1=CCC(C)C1. The largest absolute Gasteiger partial charge is 0.295 e. The summed E-state index contributed by atoms with van der Waals surface area (Å²) >= 11 is 0. The monoisotopic (exact) mass is 194 g/mol. The quantitative estimate of drug-likeness (QED) is 0.586. The normalized spacial score (nSPS) is 21.0. The van der Waals surface area contributed by atoms with Crippen molar-refractivity contribution in [2.45, 2.75) is 58.8 Å². The van der Waals surface area contributed by atoms with Crippen molar-refractivity contribution in [3.8, 4) is 0 Å². The molecule has 0 aromatic rings. The predicted octanol–water partition coefficient (Wildman–Crippen LogP) is 3.88. The number of hydrogen-bond donors (Lipinski definition) is 0. The Bertz CT molecular complexity index is 215. The minimum Gasteiger partial charge on any atom is -0.295 e. The van der Waals surface area contributed by atoms with Gasteiger partial charge in [0.25, 0.3) is 0 Å². The van der Waals surface area contributed by atoms with Gasteiger partial charge in [-0.3, -0.25) is 4.79 Å². The molecule has 80 valence electrons. The van der Waals surface area contributed by atoms with Crippen molar-refractivity contribution in [3.05, 3.63) is 11.6 Å². The third kappa shape index (κ3) is 3.65. The Morgan fingerprint density at radius 1 is 1.43 bits per heavy atom. The number of Topliss-reactive ketones (excluding diaryl/α,β-unsaturated/α-hetero) is 1. The van der Waals surface area contributed by atoms with Crippen molar-refractivity contribution in [1.29, 1.82) is 0 Å². The van der Waals surface area contributed by atoms with E-state index in [1.807, 2.05) is 0 Å². The third-order valence-corrected chi connectivity index (χ3v) is 2.95. The average Bonchev–Trinajstić information content (AvgIpc) is 2.59. The molecule has 1 aliphatic rings. The first-order valence-electron chi connectivity index (χ1n) is 5.96. The number of rotatable bonds is 6. The van der Waals surface area contributed by atoms with Crippen LogP contribution in [0.25, 0.3) is 0 Å². The molecule has 0 heterocycles. The molecule has 0 aromatic heterocycles. The van der Waals surface area contributed by atoms with Crippen LogP contribution in [0.4, 0.5) is 0 Å². The topological polar surface area (TPSA) is 17.1 Å². The van der Waals surface area contributed by atoms with E-state index in [2.05, 4.69) is 19.9 Å². The average molecular weight is 194 g/mol. The minimum atomic E-state index is 0.408. The highest BCUT2D eigenvalue weighted by Gasteiger charge is 2.17. The molecule has 0 amide bonds. The van der Waals surface area contributed by atoms with Gasteiger partial charge in [0.05, 0.1) is 0 Å². The third-order valence-electron chi connectivity index (χ3n) is 2.95. The van der Waals surface area contributed by atoms with Crippen LogP contribution >= 0.6 is 0 Å². The minimum absolute atomic E-state index is 0.408. The summed E-state index contributed by atoms with van der Waals surface area (Å²) in [4.78, 5) is 11.7. The van der Waals surface area contributed by atoms with Crippen molar-refractivity contribution in [3.63, 3.8) is 0 Å².